The number of amides is 1. The highest BCUT2D eigenvalue weighted by Gasteiger charge is 2.09. The molecule has 4 nitrogen and oxygen atoms in total. The first-order valence-electron chi connectivity index (χ1n) is 7.03. The summed E-state index contributed by atoms with van der Waals surface area (Å²) in [4.78, 5) is 11.3. The zero-order valence-electron chi connectivity index (χ0n) is 12.1. The number of rotatable bonds is 6. The van der Waals surface area contributed by atoms with Crippen LogP contribution in [-0.2, 0) is 11.2 Å². The van der Waals surface area contributed by atoms with Gasteiger partial charge in [0.15, 0.2) is 0 Å². The molecule has 0 heterocycles. The lowest BCUT2D eigenvalue weighted by atomic mass is 10.0. The van der Waals surface area contributed by atoms with Crippen molar-refractivity contribution < 1.29 is 9.53 Å². The van der Waals surface area contributed by atoms with Gasteiger partial charge >= 0.3 is 0 Å². The largest absolute Gasteiger partial charge is 0.494 e. The number of hydrogen-bond acceptors (Lipinski definition) is 3. The van der Waals surface area contributed by atoms with Crippen molar-refractivity contribution >= 4 is 16.7 Å². The van der Waals surface area contributed by atoms with E-state index in [9.17, 15) is 4.79 Å². The highest BCUT2D eigenvalue weighted by molar-refractivity contribution is 5.88. The Kier molecular flexibility index (Phi) is 5.16. The number of ether oxygens (including phenoxy) is 1. The van der Waals surface area contributed by atoms with E-state index in [0.717, 1.165) is 22.1 Å². The highest BCUT2D eigenvalue weighted by atomic mass is 16.5. The fourth-order valence-electron chi connectivity index (χ4n) is 2.33. The Hall–Kier alpha value is -2.54. The van der Waals surface area contributed by atoms with Gasteiger partial charge in [-0.2, -0.15) is 5.26 Å². The fraction of sp³-hybridized carbons (Fsp3) is 0.294. The Labute approximate surface area is 124 Å². The van der Waals surface area contributed by atoms with Crippen molar-refractivity contribution in [3.63, 3.8) is 0 Å². The molecule has 0 atom stereocenters. The second-order valence-corrected chi connectivity index (χ2v) is 4.63. The van der Waals surface area contributed by atoms with Gasteiger partial charge in [0.2, 0.25) is 5.91 Å². The molecule has 0 spiro atoms. The molecule has 0 aromatic heterocycles. The maximum Gasteiger partial charge on any atom is 0.234 e. The summed E-state index contributed by atoms with van der Waals surface area (Å²) in [5.41, 5.74) is 1.09. The molecule has 0 radical (unpaired) electrons. The average Bonchev–Trinajstić information content (AvgIpc) is 2.49. The lowest BCUT2D eigenvalue weighted by Gasteiger charge is -2.13. The van der Waals surface area contributed by atoms with Gasteiger partial charge in [-0.3, -0.25) is 4.79 Å². The molecular weight excluding hydrogens is 264 g/mol. The van der Waals surface area contributed by atoms with Crippen LogP contribution >= 0.6 is 0 Å². The van der Waals surface area contributed by atoms with Gasteiger partial charge in [0.05, 0.1) is 12.7 Å². The van der Waals surface area contributed by atoms with Crippen LogP contribution in [0.1, 0.15) is 18.9 Å². The minimum absolute atomic E-state index is 0.103. The van der Waals surface area contributed by atoms with Crippen LogP contribution in [0.4, 0.5) is 0 Å². The van der Waals surface area contributed by atoms with Gasteiger partial charge in [0.1, 0.15) is 12.2 Å². The number of fused-ring (bicyclic) bond motifs is 1. The van der Waals surface area contributed by atoms with Crippen LogP contribution in [0.15, 0.2) is 36.4 Å². The predicted octanol–water partition coefficient (Wildman–Crippen LogP) is 2.81. The maximum absolute atomic E-state index is 11.3. The predicted molar refractivity (Wildman–Crippen MR) is 82.1 cm³/mol. The lowest BCUT2D eigenvalue weighted by Crippen LogP contribution is -2.25. The first-order chi connectivity index (χ1) is 10.3. The molecule has 2 aromatic rings. The minimum Gasteiger partial charge on any atom is -0.494 e. The Balaban J connectivity index is 2.21. The Bertz CT molecular complexity index is 674. The van der Waals surface area contributed by atoms with E-state index < -0.39 is 0 Å². The summed E-state index contributed by atoms with van der Waals surface area (Å²) in [5.74, 6) is 0.612. The number of nitrogens with one attached hydrogen (secondary N) is 1. The summed E-state index contributed by atoms with van der Waals surface area (Å²) in [6, 6.07) is 14.0. The highest BCUT2D eigenvalue weighted by Crippen LogP contribution is 2.28. The normalized spacial score (nSPS) is 10.1. The summed E-state index contributed by atoms with van der Waals surface area (Å²) < 4.78 is 5.69. The molecule has 1 N–H and O–H groups in total. The van der Waals surface area contributed by atoms with Gasteiger partial charge < -0.3 is 10.1 Å². The van der Waals surface area contributed by atoms with Crippen LogP contribution in [-0.4, -0.2) is 19.1 Å². The van der Waals surface area contributed by atoms with Crippen molar-refractivity contribution in [1.29, 1.82) is 5.26 Å². The van der Waals surface area contributed by atoms with Gasteiger partial charge in [-0.1, -0.05) is 30.3 Å². The average molecular weight is 282 g/mol. The van der Waals surface area contributed by atoms with Crippen LogP contribution < -0.4 is 10.1 Å². The smallest absolute Gasteiger partial charge is 0.234 e. The zero-order valence-corrected chi connectivity index (χ0v) is 12.1. The number of nitriles is 1. The summed E-state index contributed by atoms with van der Waals surface area (Å²) >= 11 is 0. The van der Waals surface area contributed by atoms with Crippen LogP contribution in [0.5, 0.6) is 5.75 Å². The Morgan fingerprint density at radius 2 is 2.10 bits per heavy atom. The molecule has 0 aliphatic carbocycles. The third-order valence-corrected chi connectivity index (χ3v) is 3.23. The van der Waals surface area contributed by atoms with Crippen molar-refractivity contribution in [3.8, 4) is 11.8 Å². The summed E-state index contributed by atoms with van der Waals surface area (Å²) in [7, 11) is 0. The molecule has 0 bridgehead atoms. The second-order valence-electron chi connectivity index (χ2n) is 4.63. The molecule has 0 saturated carbocycles. The molecule has 1 amide bonds. The van der Waals surface area contributed by atoms with Crippen molar-refractivity contribution in [3.05, 3.63) is 42.0 Å². The summed E-state index contributed by atoms with van der Waals surface area (Å²) in [6.45, 7) is 3.05. The first-order valence-corrected chi connectivity index (χ1v) is 7.03. The van der Waals surface area contributed by atoms with Crippen LogP contribution in [0.25, 0.3) is 10.8 Å². The Morgan fingerprint density at radius 1 is 1.29 bits per heavy atom. The quantitative estimate of drug-likeness (QED) is 0.886. The van der Waals surface area contributed by atoms with Gasteiger partial charge in [-0.25, -0.2) is 0 Å². The lowest BCUT2D eigenvalue weighted by molar-refractivity contribution is -0.120. The van der Waals surface area contributed by atoms with Crippen LogP contribution in [0.3, 0.4) is 0 Å². The van der Waals surface area contributed by atoms with Crippen molar-refractivity contribution in [2.75, 3.05) is 13.2 Å². The van der Waals surface area contributed by atoms with Crippen molar-refractivity contribution in [2.45, 2.75) is 19.8 Å². The third-order valence-electron chi connectivity index (χ3n) is 3.23. The van der Waals surface area contributed by atoms with E-state index in [1.165, 1.54) is 0 Å². The summed E-state index contributed by atoms with van der Waals surface area (Å²) in [5, 5.41) is 13.5. The molecule has 0 saturated heterocycles. The number of carbonyl (C=O) groups is 1. The molecule has 4 heteroatoms. The number of carbonyl (C=O) groups excluding carboxylic acids is 1. The van der Waals surface area contributed by atoms with E-state index in [2.05, 4.69) is 17.4 Å². The van der Waals surface area contributed by atoms with Crippen molar-refractivity contribution in [2.24, 2.45) is 0 Å². The van der Waals surface area contributed by atoms with Gasteiger partial charge in [-0.05, 0) is 30.2 Å². The van der Waals surface area contributed by atoms with E-state index in [1.54, 1.807) is 0 Å². The molecule has 2 aromatic carbocycles. The zero-order chi connectivity index (χ0) is 15.1. The maximum atomic E-state index is 11.3. The topological polar surface area (TPSA) is 62.1 Å². The van der Waals surface area contributed by atoms with Crippen LogP contribution in [0.2, 0.25) is 0 Å². The number of nitrogens with zero attached hydrogens (tertiary/aromatic N) is 1. The van der Waals surface area contributed by atoms with E-state index >= 15 is 0 Å². The van der Waals surface area contributed by atoms with Crippen molar-refractivity contribution in [1.82, 2.24) is 5.32 Å². The second kappa shape index (κ2) is 7.30. The van der Waals surface area contributed by atoms with E-state index in [1.807, 2.05) is 37.3 Å². The summed E-state index contributed by atoms with van der Waals surface area (Å²) in [6.07, 6.45) is 0.571. The van der Waals surface area contributed by atoms with Gasteiger partial charge in [0.25, 0.3) is 0 Å². The first kappa shape index (κ1) is 14.9. The van der Waals surface area contributed by atoms with E-state index in [4.69, 9.17) is 10.00 Å². The van der Waals surface area contributed by atoms with Gasteiger partial charge in [-0.15, -0.1) is 0 Å². The fourth-order valence-corrected chi connectivity index (χ4v) is 2.33. The van der Waals surface area contributed by atoms with Crippen LogP contribution in [0, 0.1) is 11.3 Å². The SMILES string of the molecule is CCOc1ccc2ccccc2c1CCNC(=O)CC#N. The molecule has 0 fully saturated rings. The molecule has 0 aliphatic rings. The molecule has 108 valence electrons. The third kappa shape index (κ3) is 3.73. The minimum atomic E-state index is -0.240. The van der Waals surface area contributed by atoms with E-state index in [0.29, 0.717) is 19.6 Å². The number of benzene rings is 2. The Morgan fingerprint density at radius 3 is 2.86 bits per heavy atom. The monoisotopic (exact) mass is 282 g/mol. The molecule has 21 heavy (non-hydrogen) atoms. The molecular formula is C17H18N2O2. The standard InChI is InChI=1S/C17H18N2O2/c1-2-21-16-8-7-13-5-3-4-6-14(13)15(16)10-12-19-17(20)9-11-18/h3-8H,2,9-10,12H2,1H3,(H,19,20). The van der Waals surface area contributed by atoms with Gasteiger partial charge in [0, 0.05) is 12.1 Å². The molecule has 2 rings (SSSR count). The number of hydrogen-bond donors (Lipinski definition) is 1. The molecule has 0 unspecified atom stereocenters. The molecule has 0 aliphatic heterocycles. The van der Waals surface area contributed by atoms with E-state index in [-0.39, 0.29) is 12.3 Å².